The van der Waals surface area contributed by atoms with Gasteiger partial charge in [0.1, 0.15) is 5.82 Å². The normalized spacial score (nSPS) is 28.7. The van der Waals surface area contributed by atoms with Crippen LogP contribution in [0.25, 0.3) is 0 Å². The molecule has 0 radical (unpaired) electrons. The molecule has 2 bridgehead atoms. The second-order valence-corrected chi connectivity index (χ2v) is 5.85. The van der Waals surface area contributed by atoms with E-state index in [2.05, 4.69) is 4.98 Å². The van der Waals surface area contributed by atoms with E-state index < -0.39 is 0 Å². The number of pyridine rings is 1. The minimum atomic E-state index is -0.259. The van der Waals surface area contributed by atoms with E-state index in [1.54, 1.807) is 6.07 Å². The van der Waals surface area contributed by atoms with Crippen LogP contribution in [-0.2, 0) is 6.42 Å². The molecule has 0 aromatic carbocycles. The molecule has 2 atom stereocenters. The minimum Gasteiger partial charge on any atom is -0.393 e. The monoisotopic (exact) mass is 275 g/mol. The first kappa shape index (κ1) is 13.4. The number of carbonyl (C=O) groups is 1. The van der Waals surface area contributed by atoms with Crippen molar-refractivity contribution in [1.82, 2.24) is 9.88 Å². The molecule has 0 aliphatic carbocycles. The average molecular weight is 275 g/mol. The fourth-order valence-corrected chi connectivity index (χ4v) is 3.54. The lowest BCUT2D eigenvalue weighted by Gasteiger charge is -2.37. The maximum atomic E-state index is 12.7. The third kappa shape index (κ3) is 2.26. The third-order valence-electron chi connectivity index (χ3n) is 4.45. The van der Waals surface area contributed by atoms with E-state index in [1.807, 2.05) is 17.9 Å². The van der Waals surface area contributed by atoms with Gasteiger partial charge < -0.3 is 15.7 Å². The lowest BCUT2D eigenvalue weighted by molar-refractivity contribution is 0.0287. The first-order chi connectivity index (χ1) is 9.58. The van der Waals surface area contributed by atoms with Crippen molar-refractivity contribution in [1.29, 1.82) is 0 Å². The number of nitrogen functional groups attached to an aromatic ring is 1. The number of aromatic nitrogens is 1. The van der Waals surface area contributed by atoms with Gasteiger partial charge in [-0.1, -0.05) is 6.92 Å². The molecule has 1 aromatic heterocycles. The molecule has 3 rings (SSSR count). The Morgan fingerprint density at radius 2 is 2.05 bits per heavy atom. The predicted octanol–water partition coefficient (Wildman–Crippen LogP) is 1.35. The van der Waals surface area contributed by atoms with Crippen LogP contribution in [0.2, 0.25) is 0 Å². The maximum absolute atomic E-state index is 12.7. The van der Waals surface area contributed by atoms with Crippen LogP contribution in [0.3, 0.4) is 0 Å². The molecule has 0 saturated carbocycles. The van der Waals surface area contributed by atoms with Gasteiger partial charge in [-0.2, -0.15) is 0 Å². The standard InChI is InChI=1S/C15H21N3O2/c1-2-10-5-9(6-14(16)17-10)15(20)18-11-3-4-12(18)8-13(19)7-11/h5-6,11-13,19H,2-4,7-8H2,1H3,(H2,16,17). The van der Waals surface area contributed by atoms with E-state index >= 15 is 0 Å². The van der Waals surface area contributed by atoms with Crippen molar-refractivity contribution in [3.05, 3.63) is 23.4 Å². The first-order valence-corrected chi connectivity index (χ1v) is 7.35. The Hall–Kier alpha value is -1.62. The summed E-state index contributed by atoms with van der Waals surface area (Å²) in [5.41, 5.74) is 7.26. The minimum absolute atomic E-state index is 0.0354. The maximum Gasteiger partial charge on any atom is 0.254 e. The van der Waals surface area contributed by atoms with Gasteiger partial charge in [-0.15, -0.1) is 0 Å². The van der Waals surface area contributed by atoms with Crippen molar-refractivity contribution in [2.45, 2.75) is 57.2 Å². The number of aliphatic hydroxyl groups excluding tert-OH is 1. The van der Waals surface area contributed by atoms with Crippen LogP contribution >= 0.6 is 0 Å². The number of piperidine rings is 1. The van der Waals surface area contributed by atoms with Crippen molar-refractivity contribution < 1.29 is 9.90 Å². The molecule has 2 saturated heterocycles. The van der Waals surface area contributed by atoms with E-state index in [9.17, 15) is 9.90 Å². The highest BCUT2D eigenvalue weighted by atomic mass is 16.3. The molecule has 3 heterocycles. The van der Waals surface area contributed by atoms with Crippen molar-refractivity contribution in [2.24, 2.45) is 0 Å². The zero-order valence-electron chi connectivity index (χ0n) is 11.7. The molecule has 5 nitrogen and oxygen atoms in total. The summed E-state index contributed by atoms with van der Waals surface area (Å²) in [5.74, 6) is 0.435. The summed E-state index contributed by atoms with van der Waals surface area (Å²) in [6, 6.07) is 3.85. The summed E-state index contributed by atoms with van der Waals surface area (Å²) >= 11 is 0. The SMILES string of the molecule is CCc1cc(C(=O)N2C3CCC2CC(O)C3)cc(N)n1. The Kier molecular flexibility index (Phi) is 3.38. The van der Waals surface area contributed by atoms with Gasteiger partial charge in [-0.05, 0) is 44.2 Å². The van der Waals surface area contributed by atoms with Crippen LogP contribution < -0.4 is 5.73 Å². The molecule has 20 heavy (non-hydrogen) atoms. The summed E-state index contributed by atoms with van der Waals surface area (Å²) in [4.78, 5) is 18.9. The summed E-state index contributed by atoms with van der Waals surface area (Å²) in [7, 11) is 0. The molecule has 3 N–H and O–H groups in total. The molecule has 2 aliphatic rings. The largest absolute Gasteiger partial charge is 0.393 e. The zero-order chi connectivity index (χ0) is 14.3. The van der Waals surface area contributed by atoms with Gasteiger partial charge in [0.15, 0.2) is 0 Å². The first-order valence-electron chi connectivity index (χ1n) is 7.35. The number of aliphatic hydroxyl groups is 1. The van der Waals surface area contributed by atoms with Gasteiger partial charge in [-0.3, -0.25) is 4.79 Å². The van der Waals surface area contributed by atoms with Crippen LogP contribution in [-0.4, -0.2) is 39.1 Å². The van der Waals surface area contributed by atoms with Gasteiger partial charge in [0.05, 0.1) is 6.10 Å². The van der Waals surface area contributed by atoms with Gasteiger partial charge in [-0.25, -0.2) is 4.98 Å². The Bertz CT molecular complexity index is 518. The molecule has 2 aliphatic heterocycles. The quantitative estimate of drug-likeness (QED) is 0.854. The van der Waals surface area contributed by atoms with Crippen LogP contribution in [0.1, 0.15) is 48.7 Å². The van der Waals surface area contributed by atoms with Crippen LogP contribution in [0.15, 0.2) is 12.1 Å². The van der Waals surface area contributed by atoms with Crippen molar-refractivity contribution in [2.75, 3.05) is 5.73 Å². The van der Waals surface area contributed by atoms with E-state index in [0.29, 0.717) is 24.2 Å². The number of fused-ring (bicyclic) bond motifs is 2. The molecular weight excluding hydrogens is 254 g/mol. The van der Waals surface area contributed by atoms with Crippen LogP contribution in [0, 0.1) is 0 Å². The second kappa shape index (κ2) is 5.05. The number of anilines is 1. The van der Waals surface area contributed by atoms with Crippen LogP contribution in [0.5, 0.6) is 0 Å². The molecular formula is C15H21N3O2. The van der Waals surface area contributed by atoms with Crippen molar-refractivity contribution >= 4 is 11.7 Å². The van der Waals surface area contributed by atoms with Gasteiger partial charge in [0, 0.05) is 23.3 Å². The van der Waals surface area contributed by atoms with Crippen molar-refractivity contribution in [3.63, 3.8) is 0 Å². The molecule has 5 heteroatoms. The number of rotatable bonds is 2. The third-order valence-corrected chi connectivity index (χ3v) is 4.45. The van der Waals surface area contributed by atoms with Gasteiger partial charge in [0.2, 0.25) is 0 Å². The zero-order valence-corrected chi connectivity index (χ0v) is 11.7. The average Bonchev–Trinajstić information content (AvgIpc) is 2.69. The number of carbonyl (C=O) groups excluding carboxylic acids is 1. The molecule has 2 fully saturated rings. The molecule has 0 spiro atoms. The van der Waals surface area contributed by atoms with Crippen LogP contribution in [0.4, 0.5) is 5.82 Å². The Morgan fingerprint density at radius 1 is 1.40 bits per heavy atom. The lowest BCUT2D eigenvalue weighted by atomic mass is 9.98. The highest BCUT2D eigenvalue weighted by Crippen LogP contribution is 2.36. The predicted molar refractivity (Wildman–Crippen MR) is 76.2 cm³/mol. The molecule has 108 valence electrons. The van der Waals surface area contributed by atoms with E-state index in [0.717, 1.165) is 25.0 Å². The molecule has 1 aromatic rings. The summed E-state index contributed by atoms with van der Waals surface area (Å²) < 4.78 is 0. The summed E-state index contributed by atoms with van der Waals surface area (Å²) in [6.45, 7) is 2.00. The highest BCUT2D eigenvalue weighted by molar-refractivity contribution is 5.95. The highest BCUT2D eigenvalue weighted by Gasteiger charge is 2.42. The van der Waals surface area contributed by atoms with Gasteiger partial charge in [0.25, 0.3) is 5.91 Å². The van der Waals surface area contributed by atoms with E-state index in [4.69, 9.17) is 5.73 Å². The Balaban J connectivity index is 1.88. The van der Waals surface area contributed by atoms with E-state index in [1.165, 1.54) is 0 Å². The topological polar surface area (TPSA) is 79.5 Å². The number of nitrogens with two attached hydrogens (primary N) is 1. The van der Waals surface area contributed by atoms with Gasteiger partial charge >= 0.3 is 0 Å². The lowest BCUT2D eigenvalue weighted by Crippen LogP contribution is -2.48. The number of hydrogen-bond donors (Lipinski definition) is 2. The van der Waals surface area contributed by atoms with Crippen molar-refractivity contribution in [3.8, 4) is 0 Å². The summed E-state index contributed by atoms with van der Waals surface area (Å²) in [5, 5.41) is 9.82. The number of amides is 1. The van der Waals surface area contributed by atoms with E-state index in [-0.39, 0.29) is 24.1 Å². The number of hydrogen-bond acceptors (Lipinski definition) is 4. The smallest absolute Gasteiger partial charge is 0.254 e. The second-order valence-electron chi connectivity index (χ2n) is 5.85. The number of aryl methyl sites for hydroxylation is 1. The fourth-order valence-electron chi connectivity index (χ4n) is 3.54. The fraction of sp³-hybridized carbons (Fsp3) is 0.600. The Labute approximate surface area is 118 Å². The number of nitrogens with zero attached hydrogens (tertiary/aromatic N) is 2. The molecule has 2 unspecified atom stereocenters. The Morgan fingerprint density at radius 3 is 2.65 bits per heavy atom. The molecule has 1 amide bonds. The summed E-state index contributed by atoms with van der Waals surface area (Å²) in [6.07, 6.45) is 3.89.